The second-order valence-electron chi connectivity index (χ2n) is 5.32. The van der Waals surface area contributed by atoms with Gasteiger partial charge in [0.05, 0.1) is 5.69 Å². The van der Waals surface area contributed by atoms with Gasteiger partial charge in [0.2, 0.25) is 0 Å². The van der Waals surface area contributed by atoms with E-state index in [4.69, 9.17) is 5.73 Å². The van der Waals surface area contributed by atoms with Crippen LogP contribution in [0.25, 0.3) is 11.3 Å². The highest BCUT2D eigenvalue weighted by molar-refractivity contribution is 5.59. The summed E-state index contributed by atoms with van der Waals surface area (Å²) in [5.41, 5.74) is 7.75. The summed E-state index contributed by atoms with van der Waals surface area (Å²) in [4.78, 5) is 8.82. The molecule has 2 aromatic rings. The molecule has 1 aromatic carbocycles. The summed E-state index contributed by atoms with van der Waals surface area (Å²) in [7, 11) is 0. The molecule has 2 N–H and O–H groups in total. The average Bonchev–Trinajstić information content (AvgIpc) is 2.42. The van der Waals surface area contributed by atoms with Gasteiger partial charge < -0.3 is 5.73 Å². The molecule has 0 saturated heterocycles. The van der Waals surface area contributed by atoms with Crippen molar-refractivity contribution < 1.29 is 4.39 Å². The highest BCUT2D eigenvalue weighted by atomic mass is 19.1. The second-order valence-corrected chi connectivity index (χ2v) is 5.32. The predicted octanol–water partition coefficient (Wildman–Crippen LogP) is 2.83. The van der Waals surface area contributed by atoms with E-state index in [0.717, 1.165) is 11.3 Å². The lowest BCUT2D eigenvalue weighted by Gasteiger charge is -2.20. The third-order valence-corrected chi connectivity index (χ3v) is 3.22. The molecule has 100 valence electrons. The summed E-state index contributed by atoms with van der Waals surface area (Å²) in [5, 5.41) is 0. The fraction of sp³-hybridized carbons (Fsp3) is 0.333. The van der Waals surface area contributed by atoms with Crippen molar-refractivity contribution in [3.63, 3.8) is 0 Å². The molecule has 0 aliphatic carbocycles. The van der Waals surface area contributed by atoms with Crippen molar-refractivity contribution in [2.45, 2.75) is 26.2 Å². The Balaban J connectivity index is 2.46. The molecule has 0 spiro atoms. The number of nitrogens with two attached hydrogens (primary N) is 1. The molecule has 2 rings (SSSR count). The second kappa shape index (κ2) is 5.05. The minimum absolute atomic E-state index is 0.208. The molecule has 4 heteroatoms. The molecule has 0 aliphatic heterocycles. The number of aromatic nitrogens is 2. The first-order valence-electron chi connectivity index (χ1n) is 6.24. The third-order valence-electron chi connectivity index (χ3n) is 3.22. The summed E-state index contributed by atoms with van der Waals surface area (Å²) in [6.07, 6.45) is 1.72. The zero-order valence-electron chi connectivity index (χ0n) is 11.4. The smallest absolute Gasteiger partial charge is 0.135 e. The van der Waals surface area contributed by atoms with Gasteiger partial charge in [-0.3, -0.25) is 0 Å². The maximum Gasteiger partial charge on any atom is 0.135 e. The van der Waals surface area contributed by atoms with Crippen LogP contribution < -0.4 is 5.73 Å². The van der Waals surface area contributed by atoms with Gasteiger partial charge >= 0.3 is 0 Å². The van der Waals surface area contributed by atoms with E-state index in [2.05, 4.69) is 9.97 Å². The van der Waals surface area contributed by atoms with Gasteiger partial charge in [0, 0.05) is 23.7 Å². The first kappa shape index (κ1) is 13.6. The van der Waals surface area contributed by atoms with Gasteiger partial charge in [0.25, 0.3) is 0 Å². The summed E-state index contributed by atoms with van der Waals surface area (Å²) in [6, 6.07) is 6.80. The Morgan fingerprint density at radius 1 is 1.26 bits per heavy atom. The minimum Gasteiger partial charge on any atom is -0.329 e. The topological polar surface area (TPSA) is 51.8 Å². The van der Waals surface area contributed by atoms with Crippen LogP contribution in [0.3, 0.4) is 0 Å². The Kier molecular flexibility index (Phi) is 3.62. The van der Waals surface area contributed by atoms with Gasteiger partial charge in [-0.2, -0.15) is 0 Å². The summed E-state index contributed by atoms with van der Waals surface area (Å²) in [5.74, 6) is 0.495. The van der Waals surface area contributed by atoms with Crippen molar-refractivity contribution in [2.24, 2.45) is 5.73 Å². The number of hydrogen-bond acceptors (Lipinski definition) is 3. The van der Waals surface area contributed by atoms with Crippen molar-refractivity contribution in [1.82, 2.24) is 9.97 Å². The Morgan fingerprint density at radius 2 is 2.00 bits per heavy atom. The van der Waals surface area contributed by atoms with Crippen molar-refractivity contribution in [3.05, 3.63) is 47.7 Å². The van der Waals surface area contributed by atoms with E-state index in [0.29, 0.717) is 17.9 Å². The van der Waals surface area contributed by atoms with E-state index in [9.17, 15) is 4.39 Å². The maximum absolute atomic E-state index is 13.3. The molecule has 0 saturated carbocycles. The van der Waals surface area contributed by atoms with Crippen LogP contribution >= 0.6 is 0 Å². The molecule has 1 heterocycles. The standard InChI is InChI=1S/C15H18FN3/c1-10-8-11(4-5-12(10)16)13-6-7-18-14(19-13)15(2,3)9-17/h4-8H,9,17H2,1-3H3. The molecule has 0 bridgehead atoms. The van der Waals surface area contributed by atoms with E-state index < -0.39 is 0 Å². The van der Waals surface area contributed by atoms with Crippen molar-refractivity contribution >= 4 is 0 Å². The SMILES string of the molecule is Cc1cc(-c2ccnc(C(C)(C)CN)n2)ccc1F. The molecule has 0 radical (unpaired) electrons. The Morgan fingerprint density at radius 3 is 2.63 bits per heavy atom. The lowest BCUT2D eigenvalue weighted by molar-refractivity contribution is 0.503. The molecule has 0 aliphatic rings. The highest BCUT2D eigenvalue weighted by Crippen LogP contribution is 2.23. The largest absolute Gasteiger partial charge is 0.329 e. The van der Waals surface area contributed by atoms with Crippen molar-refractivity contribution in [1.29, 1.82) is 0 Å². The van der Waals surface area contributed by atoms with Crippen LogP contribution in [0.15, 0.2) is 30.5 Å². The highest BCUT2D eigenvalue weighted by Gasteiger charge is 2.22. The Bertz CT molecular complexity index is 594. The fourth-order valence-corrected chi connectivity index (χ4v) is 1.74. The Hall–Kier alpha value is -1.81. The molecular formula is C15H18FN3. The van der Waals surface area contributed by atoms with Gasteiger partial charge in [-0.05, 0) is 36.8 Å². The lowest BCUT2D eigenvalue weighted by atomic mass is 9.92. The van der Waals surface area contributed by atoms with Crippen LogP contribution in [0.4, 0.5) is 4.39 Å². The number of rotatable bonds is 3. The summed E-state index contributed by atoms with van der Waals surface area (Å²) < 4.78 is 13.3. The zero-order valence-corrected chi connectivity index (χ0v) is 11.4. The fourth-order valence-electron chi connectivity index (χ4n) is 1.74. The zero-order chi connectivity index (χ0) is 14.0. The number of hydrogen-bond donors (Lipinski definition) is 1. The van der Waals surface area contributed by atoms with Crippen LogP contribution in [0, 0.1) is 12.7 Å². The van der Waals surface area contributed by atoms with Crippen LogP contribution in [-0.4, -0.2) is 16.5 Å². The molecule has 19 heavy (non-hydrogen) atoms. The van der Waals surface area contributed by atoms with Crippen molar-refractivity contribution in [2.75, 3.05) is 6.54 Å². The molecule has 1 aromatic heterocycles. The van der Waals surface area contributed by atoms with Gasteiger partial charge in [-0.1, -0.05) is 13.8 Å². The van der Waals surface area contributed by atoms with E-state index in [1.54, 1.807) is 25.3 Å². The summed E-state index contributed by atoms with van der Waals surface area (Å²) >= 11 is 0. The quantitative estimate of drug-likeness (QED) is 0.922. The Labute approximate surface area is 112 Å². The van der Waals surface area contributed by atoms with Crippen LogP contribution in [0.5, 0.6) is 0 Å². The molecule has 0 amide bonds. The first-order chi connectivity index (χ1) is 8.94. The van der Waals surface area contributed by atoms with Gasteiger partial charge in [-0.15, -0.1) is 0 Å². The van der Waals surface area contributed by atoms with Crippen LogP contribution in [0.1, 0.15) is 25.2 Å². The predicted molar refractivity (Wildman–Crippen MR) is 74.2 cm³/mol. The molecule has 0 unspecified atom stereocenters. The van der Waals surface area contributed by atoms with E-state index >= 15 is 0 Å². The molecule has 3 nitrogen and oxygen atoms in total. The molecule has 0 fully saturated rings. The number of halogens is 1. The first-order valence-corrected chi connectivity index (χ1v) is 6.24. The van der Waals surface area contributed by atoms with Crippen molar-refractivity contribution in [3.8, 4) is 11.3 Å². The summed E-state index contributed by atoms with van der Waals surface area (Å²) in [6.45, 7) is 6.22. The van der Waals surface area contributed by atoms with Crippen LogP contribution in [0.2, 0.25) is 0 Å². The van der Waals surface area contributed by atoms with E-state index in [-0.39, 0.29) is 11.2 Å². The average molecular weight is 259 g/mol. The maximum atomic E-state index is 13.3. The lowest BCUT2D eigenvalue weighted by Crippen LogP contribution is -2.30. The minimum atomic E-state index is -0.273. The van der Waals surface area contributed by atoms with E-state index in [1.165, 1.54) is 6.07 Å². The normalized spacial score (nSPS) is 11.6. The number of aryl methyl sites for hydroxylation is 1. The van der Waals surface area contributed by atoms with E-state index in [1.807, 2.05) is 19.9 Å². The van der Waals surface area contributed by atoms with Gasteiger partial charge in [0.15, 0.2) is 0 Å². The number of benzene rings is 1. The molecular weight excluding hydrogens is 241 g/mol. The van der Waals surface area contributed by atoms with Crippen LogP contribution in [-0.2, 0) is 5.41 Å². The van der Waals surface area contributed by atoms with Gasteiger partial charge in [-0.25, -0.2) is 14.4 Å². The number of nitrogens with zero attached hydrogens (tertiary/aromatic N) is 2. The molecule has 0 atom stereocenters. The third kappa shape index (κ3) is 2.79. The van der Waals surface area contributed by atoms with Gasteiger partial charge in [0.1, 0.15) is 11.6 Å². The monoisotopic (exact) mass is 259 g/mol.